The van der Waals surface area contributed by atoms with Crippen molar-refractivity contribution in [1.29, 1.82) is 5.26 Å². The van der Waals surface area contributed by atoms with Crippen LogP contribution >= 0.6 is 11.6 Å². The number of amides is 5. The van der Waals surface area contributed by atoms with Gasteiger partial charge in [0.25, 0.3) is 11.8 Å². The van der Waals surface area contributed by atoms with Crippen molar-refractivity contribution in [3.8, 4) is 17.2 Å². The van der Waals surface area contributed by atoms with E-state index in [0.717, 1.165) is 71.8 Å². The number of imide groups is 2. The summed E-state index contributed by atoms with van der Waals surface area (Å²) in [7, 11) is 0. The van der Waals surface area contributed by atoms with Gasteiger partial charge in [-0.25, -0.2) is 4.39 Å². The third kappa shape index (κ3) is 6.18. The van der Waals surface area contributed by atoms with Crippen LogP contribution in [0.1, 0.15) is 58.5 Å². The van der Waals surface area contributed by atoms with Gasteiger partial charge >= 0.3 is 0 Å². The van der Waals surface area contributed by atoms with E-state index in [9.17, 15) is 29.2 Å². The van der Waals surface area contributed by atoms with Gasteiger partial charge in [0.2, 0.25) is 17.7 Å². The Morgan fingerprint density at radius 1 is 0.810 bits per heavy atom. The summed E-state index contributed by atoms with van der Waals surface area (Å²) in [5.74, 6) is -2.70. The predicted molar refractivity (Wildman–Crippen MR) is 216 cm³/mol. The molecule has 5 aliphatic rings. The van der Waals surface area contributed by atoms with Gasteiger partial charge in [0.1, 0.15) is 17.9 Å². The number of nitrogens with zero attached hydrogens (tertiary/aromatic N) is 6. The van der Waals surface area contributed by atoms with Crippen molar-refractivity contribution in [3.05, 3.63) is 106 Å². The Morgan fingerprint density at radius 3 is 2.16 bits per heavy atom. The molecule has 5 aliphatic heterocycles. The van der Waals surface area contributed by atoms with Crippen molar-refractivity contribution in [2.45, 2.75) is 38.1 Å². The summed E-state index contributed by atoms with van der Waals surface area (Å²) in [6.45, 7) is 9.16. The summed E-state index contributed by atoms with van der Waals surface area (Å²) >= 11 is 6.33. The van der Waals surface area contributed by atoms with E-state index < -0.39 is 40.9 Å². The summed E-state index contributed by atoms with van der Waals surface area (Å²) in [4.78, 5) is 73.3. The molecule has 0 aliphatic carbocycles. The number of halogens is 2. The summed E-state index contributed by atoms with van der Waals surface area (Å²) in [5.41, 5.74) is 5.42. The summed E-state index contributed by atoms with van der Waals surface area (Å²) in [6.07, 6.45) is 0.0554. The van der Waals surface area contributed by atoms with Crippen LogP contribution in [0, 0.1) is 23.1 Å². The Bertz CT molecular complexity index is 2490. The zero-order valence-electron chi connectivity index (χ0n) is 31.9. The molecule has 9 rings (SSSR count). The molecule has 3 saturated heterocycles. The van der Waals surface area contributed by atoms with Crippen LogP contribution in [-0.2, 0) is 19.8 Å². The van der Waals surface area contributed by atoms with Gasteiger partial charge in [0, 0.05) is 63.8 Å². The lowest BCUT2D eigenvalue weighted by Crippen LogP contribution is -2.55. The molecular formula is C44H39ClFN7O5. The van der Waals surface area contributed by atoms with Crippen LogP contribution in [0.15, 0.2) is 72.8 Å². The molecule has 0 aromatic heterocycles. The smallest absolute Gasteiger partial charge is 0.262 e. The van der Waals surface area contributed by atoms with Gasteiger partial charge in [0.05, 0.1) is 44.2 Å². The van der Waals surface area contributed by atoms with Crippen LogP contribution in [0.2, 0.25) is 5.02 Å². The average molecular weight is 800 g/mol. The number of benzene rings is 4. The van der Waals surface area contributed by atoms with Crippen molar-refractivity contribution in [2.24, 2.45) is 5.92 Å². The lowest BCUT2D eigenvalue weighted by molar-refractivity contribution is -0.136. The highest BCUT2D eigenvalue weighted by molar-refractivity contribution is 6.32. The molecule has 0 bridgehead atoms. The first kappa shape index (κ1) is 37.5. The average Bonchev–Trinajstić information content (AvgIpc) is 3.55. The van der Waals surface area contributed by atoms with Crippen LogP contribution in [-0.4, -0.2) is 91.2 Å². The number of hydrogen-bond donors (Lipinski definition) is 1. The molecule has 4 aromatic rings. The van der Waals surface area contributed by atoms with Crippen LogP contribution in [0.3, 0.4) is 0 Å². The maximum atomic E-state index is 15.4. The van der Waals surface area contributed by atoms with E-state index in [1.54, 1.807) is 23.1 Å². The second kappa shape index (κ2) is 14.1. The third-order valence-electron chi connectivity index (χ3n) is 12.2. The van der Waals surface area contributed by atoms with Crippen LogP contribution in [0.25, 0.3) is 11.1 Å². The number of fused-ring (bicyclic) bond motifs is 2. The quantitative estimate of drug-likeness (QED) is 0.236. The number of nitriles is 1. The Labute approximate surface area is 339 Å². The zero-order valence-corrected chi connectivity index (χ0v) is 32.7. The fraction of sp³-hybridized carbons (Fsp3) is 0.318. The standard InChI is InChI=1S/C44H39ClFN7O5/c1-44(2)33-17-27(6-10-36(33)52(43(44)58)30-9-5-28(21-47)34(45)18-30)26-3-7-29(8-4-26)51-23-25(24-51)22-49-13-15-50(16-14-49)38-20-32-31(19-35(38)46)41(56)53(42(32)57)37-11-12-39(54)48-40(37)55/h3-10,17-20,25,37H,11-16,22-24H2,1-2H3,(H,48,54,55). The topological polar surface area (TPSA) is 137 Å². The fourth-order valence-corrected chi connectivity index (χ4v) is 9.14. The SMILES string of the molecule is CC1(C)C(=O)N(c2ccc(C#N)c(Cl)c2)c2ccc(-c3ccc(N4CC(CN5CCN(c6cc7c(cc6F)C(=O)N(C6CCC(=O)NC6=O)C7=O)CC5)C4)cc3)cc21. The largest absolute Gasteiger partial charge is 0.371 e. The number of piperidine rings is 1. The van der Waals surface area contributed by atoms with E-state index >= 15 is 4.39 Å². The van der Waals surface area contributed by atoms with Crippen molar-refractivity contribution in [2.75, 3.05) is 60.5 Å². The van der Waals surface area contributed by atoms with E-state index in [1.807, 2.05) is 30.9 Å². The number of carbonyl (C=O) groups excluding carboxylic acids is 5. The molecular weight excluding hydrogens is 761 g/mol. The molecule has 0 spiro atoms. The number of nitrogens with one attached hydrogen (secondary N) is 1. The van der Waals surface area contributed by atoms with Crippen LogP contribution in [0.4, 0.5) is 27.1 Å². The van der Waals surface area contributed by atoms with Gasteiger partial charge in [-0.15, -0.1) is 0 Å². The van der Waals surface area contributed by atoms with Gasteiger partial charge in [-0.3, -0.25) is 44.0 Å². The van der Waals surface area contributed by atoms with Gasteiger partial charge in [0.15, 0.2) is 0 Å². The second-order valence-corrected chi connectivity index (χ2v) is 16.6. The lowest BCUT2D eigenvalue weighted by Gasteiger charge is -2.45. The Hall–Kier alpha value is -6.10. The third-order valence-corrected chi connectivity index (χ3v) is 12.6. The molecule has 0 radical (unpaired) electrons. The highest BCUT2D eigenvalue weighted by atomic mass is 35.5. The first-order valence-electron chi connectivity index (χ1n) is 19.4. The van der Waals surface area contributed by atoms with Gasteiger partial charge in [-0.05, 0) is 91.6 Å². The van der Waals surface area contributed by atoms with Gasteiger partial charge in [-0.1, -0.05) is 29.8 Å². The van der Waals surface area contributed by atoms with Gasteiger partial charge in [-0.2, -0.15) is 5.26 Å². The molecule has 0 saturated carbocycles. The Kier molecular flexibility index (Phi) is 9.09. The minimum absolute atomic E-state index is 0.0154. The normalized spacial score (nSPS) is 20.6. The summed E-state index contributed by atoms with van der Waals surface area (Å²) < 4.78 is 15.4. The van der Waals surface area contributed by atoms with E-state index in [-0.39, 0.29) is 35.6 Å². The van der Waals surface area contributed by atoms with Crippen LogP contribution < -0.4 is 20.0 Å². The van der Waals surface area contributed by atoms with E-state index in [1.165, 1.54) is 6.07 Å². The first-order valence-corrected chi connectivity index (χ1v) is 19.8. The number of hydrogen-bond acceptors (Lipinski definition) is 9. The van der Waals surface area contributed by atoms with Crippen molar-refractivity contribution in [3.63, 3.8) is 0 Å². The maximum absolute atomic E-state index is 15.4. The second-order valence-electron chi connectivity index (χ2n) is 16.2. The molecule has 4 aromatic carbocycles. The van der Waals surface area contributed by atoms with E-state index in [4.69, 9.17) is 11.6 Å². The Morgan fingerprint density at radius 2 is 1.48 bits per heavy atom. The Balaban J connectivity index is 0.796. The van der Waals surface area contributed by atoms with Crippen molar-refractivity contribution in [1.82, 2.24) is 15.1 Å². The van der Waals surface area contributed by atoms with Crippen LogP contribution in [0.5, 0.6) is 0 Å². The highest BCUT2D eigenvalue weighted by Crippen LogP contribution is 2.47. The highest BCUT2D eigenvalue weighted by Gasteiger charge is 2.46. The van der Waals surface area contributed by atoms with Crippen molar-refractivity contribution >= 4 is 63.9 Å². The minimum atomic E-state index is -1.10. The molecule has 12 nitrogen and oxygen atoms in total. The molecule has 1 N–H and O–H groups in total. The zero-order chi connectivity index (χ0) is 40.6. The maximum Gasteiger partial charge on any atom is 0.262 e. The fourth-order valence-electron chi connectivity index (χ4n) is 8.92. The van der Waals surface area contributed by atoms with E-state index in [0.29, 0.717) is 35.3 Å². The molecule has 5 heterocycles. The molecule has 3 fully saturated rings. The number of anilines is 4. The minimum Gasteiger partial charge on any atom is -0.371 e. The molecule has 14 heteroatoms. The molecule has 294 valence electrons. The molecule has 1 unspecified atom stereocenters. The molecule has 1 atom stereocenters. The first-order chi connectivity index (χ1) is 27.8. The monoisotopic (exact) mass is 799 g/mol. The predicted octanol–water partition coefficient (Wildman–Crippen LogP) is 5.63. The number of rotatable bonds is 7. The summed E-state index contributed by atoms with van der Waals surface area (Å²) in [5, 5.41) is 11.8. The molecule has 5 amide bonds. The summed E-state index contributed by atoms with van der Waals surface area (Å²) in [6, 6.07) is 23.1. The lowest BCUT2D eigenvalue weighted by atomic mass is 9.84. The van der Waals surface area contributed by atoms with Gasteiger partial charge < -0.3 is 9.80 Å². The number of piperazine rings is 1. The van der Waals surface area contributed by atoms with Crippen molar-refractivity contribution < 1.29 is 28.4 Å². The number of carbonyl (C=O) groups is 5. The molecule has 58 heavy (non-hydrogen) atoms. The van der Waals surface area contributed by atoms with E-state index in [2.05, 4.69) is 51.5 Å².